The van der Waals surface area contributed by atoms with Gasteiger partial charge in [0.1, 0.15) is 11.5 Å². The molecule has 1 heterocycles. The number of amides is 1. The van der Waals surface area contributed by atoms with Gasteiger partial charge in [-0.15, -0.1) is 0 Å². The first kappa shape index (κ1) is 15.8. The van der Waals surface area contributed by atoms with Crippen molar-refractivity contribution in [3.63, 3.8) is 0 Å². The van der Waals surface area contributed by atoms with Crippen LogP contribution in [0.3, 0.4) is 0 Å². The molecule has 0 aliphatic carbocycles. The van der Waals surface area contributed by atoms with Crippen molar-refractivity contribution in [2.75, 3.05) is 24.1 Å². The van der Waals surface area contributed by atoms with Crippen molar-refractivity contribution >= 4 is 17.4 Å². The van der Waals surface area contributed by atoms with Gasteiger partial charge in [-0.3, -0.25) is 19.1 Å². The van der Waals surface area contributed by atoms with E-state index in [4.69, 9.17) is 5.73 Å². The highest BCUT2D eigenvalue weighted by molar-refractivity contribution is 5.81. The Hall–Kier alpha value is -2.25. The summed E-state index contributed by atoms with van der Waals surface area (Å²) in [6.07, 6.45) is 0. The average molecular weight is 283 g/mol. The number of rotatable bonds is 6. The Balaban J connectivity index is 3.04. The summed E-state index contributed by atoms with van der Waals surface area (Å²) in [6, 6.07) is 0. The van der Waals surface area contributed by atoms with Crippen LogP contribution in [0, 0.1) is 5.92 Å². The fourth-order valence-corrected chi connectivity index (χ4v) is 1.73. The molecule has 0 fully saturated rings. The third-order valence-electron chi connectivity index (χ3n) is 2.59. The van der Waals surface area contributed by atoms with E-state index in [9.17, 15) is 14.4 Å². The zero-order valence-corrected chi connectivity index (χ0v) is 11.9. The number of H-pyrrole nitrogens is 1. The van der Waals surface area contributed by atoms with Crippen LogP contribution in [0.4, 0.5) is 11.5 Å². The van der Waals surface area contributed by atoms with Crippen LogP contribution in [0.2, 0.25) is 0 Å². The topological polar surface area (TPSA) is 122 Å². The van der Waals surface area contributed by atoms with Gasteiger partial charge in [0, 0.05) is 13.1 Å². The van der Waals surface area contributed by atoms with E-state index in [0.29, 0.717) is 13.1 Å². The number of anilines is 2. The summed E-state index contributed by atoms with van der Waals surface area (Å²) in [5, 5.41) is 5.26. The van der Waals surface area contributed by atoms with E-state index in [2.05, 4.69) is 15.6 Å². The molecule has 0 saturated carbocycles. The molecule has 0 unspecified atom stereocenters. The van der Waals surface area contributed by atoms with Gasteiger partial charge in [-0.1, -0.05) is 13.8 Å². The Kier molecular flexibility index (Phi) is 5.36. The summed E-state index contributed by atoms with van der Waals surface area (Å²) in [7, 11) is 0. The molecule has 1 aromatic heterocycles. The van der Waals surface area contributed by atoms with E-state index < -0.39 is 11.2 Å². The minimum atomic E-state index is -0.628. The maximum absolute atomic E-state index is 11.7. The molecule has 0 aliphatic rings. The lowest BCUT2D eigenvalue weighted by Crippen LogP contribution is -2.37. The second kappa shape index (κ2) is 6.78. The number of carbonyl (C=O) groups excluding carboxylic acids is 1. The van der Waals surface area contributed by atoms with E-state index in [-0.39, 0.29) is 29.9 Å². The predicted molar refractivity (Wildman–Crippen MR) is 77.7 cm³/mol. The van der Waals surface area contributed by atoms with Gasteiger partial charge >= 0.3 is 5.69 Å². The Bertz CT molecular complexity index is 588. The molecule has 1 rings (SSSR count). The Morgan fingerprint density at radius 3 is 2.60 bits per heavy atom. The van der Waals surface area contributed by atoms with Gasteiger partial charge in [-0.25, -0.2) is 4.79 Å². The summed E-state index contributed by atoms with van der Waals surface area (Å²) >= 11 is 0. The Morgan fingerprint density at radius 1 is 1.40 bits per heavy atom. The van der Waals surface area contributed by atoms with E-state index in [1.165, 1.54) is 4.57 Å². The van der Waals surface area contributed by atoms with Crippen LogP contribution in [0.15, 0.2) is 9.59 Å². The minimum Gasteiger partial charge on any atom is -0.383 e. The third-order valence-corrected chi connectivity index (χ3v) is 2.59. The molecule has 0 aliphatic heterocycles. The molecule has 5 N–H and O–H groups in total. The molecule has 1 amide bonds. The van der Waals surface area contributed by atoms with E-state index >= 15 is 0 Å². The summed E-state index contributed by atoms with van der Waals surface area (Å²) in [6.45, 7) is 6.46. The number of likely N-dealkylation sites (N-methyl/N-ethyl adjacent to an activating group) is 1. The van der Waals surface area contributed by atoms with Gasteiger partial charge in [-0.2, -0.15) is 0 Å². The fourth-order valence-electron chi connectivity index (χ4n) is 1.73. The number of nitrogen functional groups attached to an aromatic ring is 1. The van der Waals surface area contributed by atoms with Crippen molar-refractivity contribution in [2.45, 2.75) is 27.3 Å². The highest BCUT2D eigenvalue weighted by atomic mass is 16.2. The number of carbonyl (C=O) groups is 1. The number of hydrogen-bond acceptors (Lipinski definition) is 5. The molecule has 20 heavy (non-hydrogen) atoms. The van der Waals surface area contributed by atoms with Crippen LogP contribution < -0.4 is 27.6 Å². The van der Waals surface area contributed by atoms with Crippen molar-refractivity contribution in [2.24, 2.45) is 5.92 Å². The summed E-state index contributed by atoms with van der Waals surface area (Å²) in [5.41, 5.74) is 4.70. The largest absolute Gasteiger partial charge is 0.383 e. The smallest absolute Gasteiger partial charge is 0.330 e. The van der Waals surface area contributed by atoms with Crippen molar-refractivity contribution in [1.82, 2.24) is 14.9 Å². The maximum Gasteiger partial charge on any atom is 0.330 e. The van der Waals surface area contributed by atoms with Gasteiger partial charge in [-0.05, 0) is 12.8 Å². The van der Waals surface area contributed by atoms with Crippen LogP contribution in [0.5, 0.6) is 0 Å². The monoisotopic (exact) mass is 283 g/mol. The molecule has 0 saturated heterocycles. The molecule has 0 bridgehead atoms. The molecule has 8 nitrogen and oxygen atoms in total. The highest BCUT2D eigenvalue weighted by Gasteiger charge is 2.13. The molecule has 0 radical (unpaired) electrons. The predicted octanol–water partition coefficient (Wildman–Crippen LogP) is -0.677. The van der Waals surface area contributed by atoms with Crippen molar-refractivity contribution < 1.29 is 4.79 Å². The lowest BCUT2D eigenvalue weighted by Gasteiger charge is -2.15. The van der Waals surface area contributed by atoms with Gasteiger partial charge in [0.25, 0.3) is 5.56 Å². The third kappa shape index (κ3) is 3.87. The Morgan fingerprint density at radius 2 is 2.05 bits per heavy atom. The van der Waals surface area contributed by atoms with Gasteiger partial charge in [0.05, 0.1) is 6.54 Å². The van der Waals surface area contributed by atoms with Crippen LogP contribution in [-0.4, -0.2) is 28.5 Å². The summed E-state index contributed by atoms with van der Waals surface area (Å²) < 4.78 is 1.28. The molecule has 0 spiro atoms. The van der Waals surface area contributed by atoms with Crippen molar-refractivity contribution in [3.05, 3.63) is 20.8 Å². The van der Waals surface area contributed by atoms with Gasteiger partial charge < -0.3 is 16.4 Å². The SMILES string of the molecule is CCNC(=O)CNc1c(N)n(CC(C)C)c(=O)[nH]c1=O. The summed E-state index contributed by atoms with van der Waals surface area (Å²) in [5.74, 6) is -0.0261. The van der Waals surface area contributed by atoms with Crippen molar-refractivity contribution in [3.8, 4) is 0 Å². The zero-order valence-electron chi connectivity index (χ0n) is 11.9. The quantitative estimate of drug-likeness (QED) is 0.551. The molecule has 0 aromatic carbocycles. The normalized spacial score (nSPS) is 10.6. The fraction of sp³-hybridized carbons (Fsp3) is 0.583. The average Bonchev–Trinajstić information content (AvgIpc) is 2.34. The van der Waals surface area contributed by atoms with Crippen LogP contribution in [0.25, 0.3) is 0 Å². The summed E-state index contributed by atoms with van der Waals surface area (Å²) in [4.78, 5) is 37.0. The second-order valence-electron chi connectivity index (χ2n) is 4.83. The first-order valence-corrected chi connectivity index (χ1v) is 6.50. The first-order valence-electron chi connectivity index (χ1n) is 6.50. The van der Waals surface area contributed by atoms with Gasteiger partial charge in [0.2, 0.25) is 5.91 Å². The minimum absolute atomic E-state index is 0.0384. The molecule has 8 heteroatoms. The molecule has 112 valence electrons. The second-order valence-corrected chi connectivity index (χ2v) is 4.83. The number of nitrogens with one attached hydrogen (secondary N) is 3. The van der Waals surface area contributed by atoms with E-state index in [1.807, 2.05) is 13.8 Å². The van der Waals surface area contributed by atoms with E-state index in [0.717, 1.165) is 0 Å². The highest BCUT2D eigenvalue weighted by Crippen LogP contribution is 2.11. The van der Waals surface area contributed by atoms with Gasteiger partial charge in [0.15, 0.2) is 0 Å². The molecular formula is C12H21N5O3. The first-order chi connectivity index (χ1) is 9.36. The van der Waals surface area contributed by atoms with Crippen LogP contribution in [-0.2, 0) is 11.3 Å². The molecule has 0 atom stereocenters. The standard InChI is InChI=1S/C12H21N5O3/c1-4-14-8(18)5-15-9-10(13)17(6-7(2)3)12(20)16-11(9)19/h7,15H,4-6,13H2,1-3H3,(H,14,18)(H,16,19,20). The maximum atomic E-state index is 11.7. The van der Waals surface area contributed by atoms with Crippen molar-refractivity contribution in [1.29, 1.82) is 0 Å². The van der Waals surface area contributed by atoms with Crippen LogP contribution >= 0.6 is 0 Å². The lowest BCUT2D eigenvalue weighted by molar-refractivity contribution is -0.119. The van der Waals surface area contributed by atoms with E-state index in [1.54, 1.807) is 6.92 Å². The number of aromatic amines is 1. The molecular weight excluding hydrogens is 262 g/mol. The Labute approximate surface area is 116 Å². The number of hydrogen-bond donors (Lipinski definition) is 4. The number of nitrogens with two attached hydrogens (primary N) is 1. The number of aromatic nitrogens is 2. The number of nitrogens with zero attached hydrogens (tertiary/aromatic N) is 1. The molecule has 1 aromatic rings. The lowest BCUT2D eigenvalue weighted by atomic mass is 10.2. The van der Waals surface area contributed by atoms with Crippen LogP contribution in [0.1, 0.15) is 20.8 Å². The zero-order chi connectivity index (χ0) is 15.3.